The minimum Gasteiger partial charge on any atom is -0.496 e. The molecule has 128 valence electrons. The summed E-state index contributed by atoms with van der Waals surface area (Å²) in [7, 11) is 1.68. The monoisotopic (exact) mass is 364 g/mol. The van der Waals surface area contributed by atoms with Crippen LogP contribution in [0.5, 0.6) is 5.75 Å². The van der Waals surface area contributed by atoms with E-state index in [1.807, 2.05) is 36.4 Å². The van der Waals surface area contributed by atoms with Gasteiger partial charge in [-0.25, -0.2) is 0 Å². The van der Waals surface area contributed by atoms with E-state index in [0.717, 1.165) is 40.7 Å². The van der Waals surface area contributed by atoms with Crippen LogP contribution in [0.4, 0.5) is 0 Å². The summed E-state index contributed by atoms with van der Waals surface area (Å²) in [4.78, 5) is 0. The topological polar surface area (TPSA) is 33.3 Å². The van der Waals surface area contributed by atoms with E-state index in [4.69, 9.17) is 27.9 Å². The van der Waals surface area contributed by atoms with Crippen LogP contribution in [0.3, 0.4) is 0 Å². The van der Waals surface area contributed by atoms with Crippen molar-refractivity contribution in [3.05, 3.63) is 63.6 Å². The molecule has 0 radical (unpaired) electrons. The van der Waals surface area contributed by atoms with Gasteiger partial charge in [0.1, 0.15) is 5.75 Å². The van der Waals surface area contributed by atoms with Crippen LogP contribution in [-0.2, 0) is 6.54 Å². The van der Waals surface area contributed by atoms with E-state index in [1.165, 1.54) is 5.56 Å². The van der Waals surface area contributed by atoms with Crippen LogP contribution in [0.25, 0.3) is 0 Å². The van der Waals surface area contributed by atoms with Crippen molar-refractivity contribution in [1.29, 1.82) is 0 Å². The molecule has 24 heavy (non-hydrogen) atoms. The van der Waals surface area contributed by atoms with E-state index in [9.17, 15) is 0 Å². The molecule has 2 atom stereocenters. The number of ether oxygens (including phenoxy) is 1. The molecule has 0 saturated carbocycles. The van der Waals surface area contributed by atoms with Gasteiger partial charge in [0.25, 0.3) is 0 Å². The molecule has 0 aromatic heterocycles. The molecule has 2 N–H and O–H groups in total. The summed E-state index contributed by atoms with van der Waals surface area (Å²) in [5.41, 5.74) is 2.29. The molecule has 1 heterocycles. The van der Waals surface area contributed by atoms with E-state index in [2.05, 4.69) is 16.7 Å². The van der Waals surface area contributed by atoms with Crippen molar-refractivity contribution in [2.75, 3.05) is 13.7 Å². The second kappa shape index (κ2) is 8.21. The molecule has 1 fully saturated rings. The number of hydrogen-bond acceptors (Lipinski definition) is 3. The number of nitrogens with one attached hydrogen (secondary N) is 2. The molecule has 1 saturated heterocycles. The molecule has 0 aliphatic carbocycles. The fourth-order valence-electron chi connectivity index (χ4n) is 3.28. The fourth-order valence-corrected chi connectivity index (χ4v) is 3.68. The lowest BCUT2D eigenvalue weighted by Gasteiger charge is -2.34. The van der Waals surface area contributed by atoms with Crippen molar-refractivity contribution in [2.24, 2.45) is 0 Å². The number of halogens is 2. The predicted octanol–water partition coefficient (Wildman–Crippen LogP) is 4.58. The average Bonchev–Trinajstić information content (AvgIpc) is 2.60. The summed E-state index contributed by atoms with van der Waals surface area (Å²) in [6.45, 7) is 1.74. The highest BCUT2D eigenvalue weighted by atomic mass is 35.5. The molecule has 2 unspecified atom stereocenters. The normalized spacial score (nSPS) is 20.8. The van der Waals surface area contributed by atoms with Crippen molar-refractivity contribution in [1.82, 2.24) is 10.6 Å². The minimum absolute atomic E-state index is 0.252. The van der Waals surface area contributed by atoms with Crippen LogP contribution < -0.4 is 15.4 Å². The Morgan fingerprint density at radius 2 is 2.00 bits per heavy atom. The van der Waals surface area contributed by atoms with Crippen LogP contribution >= 0.6 is 23.2 Å². The zero-order chi connectivity index (χ0) is 16.9. The number of piperidine rings is 1. The lowest BCUT2D eigenvalue weighted by atomic mass is 9.92. The Balaban J connectivity index is 1.74. The first kappa shape index (κ1) is 17.6. The largest absolute Gasteiger partial charge is 0.496 e. The molecule has 0 bridgehead atoms. The summed E-state index contributed by atoms with van der Waals surface area (Å²) < 4.78 is 5.44. The molecular weight excluding hydrogens is 343 g/mol. The van der Waals surface area contributed by atoms with Crippen LogP contribution in [0.2, 0.25) is 10.0 Å². The molecule has 0 spiro atoms. The van der Waals surface area contributed by atoms with E-state index in [-0.39, 0.29) is 6.04 Å². The van der Waals surface area contributed by atoms with Crippen LogP contribution in [0.15, 0.2) is 42.5 Å². The summed E-state index contributed by atoms with van der Waals surface area (Å²) in [5, 5.41) is 8.77. The number of methoxy groups -OCH3 is 1. The average molecular weight is 365 g/mol. The molecule has 3 rings (SSSR count). The van der Waals surface area contributed by atoms with Gasteiger partial charge in [-0.2, -0.15) is 0 Å². The number of benzene rings is 2. The third kappa shape index (κ3) is 4.22. The number of rotatable bonds is 5. The van der Waals surface area contributed by atoms with E-state index < -0.39 is 0 Å². The Hall–Kier alpha value is -1.26. The first-order valence-corrected chi connectivity index (χ1v) is 8.97. The SMILES string of the molecule is COc1ccc(Cl)cc1CNC1CCCNC1c1cccc(Cl)c1. The van der Waals surface area contributed by atoms with Gasteiger partial charge in [0.05, 0.1) is 7.11 Å². The highest BCUT2D eigenvalue weighted by Crippen LogP contribution is 2.27. The molecule has 3 nitrogen and oxygen atoms in total. The third-order valence-electron chi connectivity index (χ3n) is 4.46. The second-order valence-electron chi connectivity index (χ2n) is 6.07. The van der Waals surface area contributed by atoms with Gasteiger partial charge in [-0.3, -0.25) is 0 Å². The summed E-state index contributed by atoms with van der Waals surface area (Å²) >= 11 is 12.3. The molecule has 0 amide bonds. The van der Waals surface area contributed by atoms with Crippen molar-refractivity contribution in [2.45, 2.75) is 31.5 Å². The zero-order valence-electron chi connectivity index (χ0n) is 13.7. The van der Waals surface area contributed by atoms with Crippen LogP contribution in [0, 0.1) is 0 Å². The van der Waals surface area contributed by atoms with Gasteiger partial charge in [-0.05, 0) is 55.3 Å². The van der Waals surface area contributed by atoms with Crippen LogP contribution in [0.1, 0.15) is 30.0 Å². The van der Waals surface area contributed by atoms with E-state index in [0.29, 0.717) is 12.6 Å². The van der Waals surface area contributed by atoms with Gasteiger partial charge >= 0.3 is 0 Å². The lowest BCUT2D eigenvalue weighted by Crippen LogP contribution is -2.45. The maximum atomic E-state index is 6.16. The molecule has 2 aromatic rings. The first-order valence-electron chi connectivity index (χ1n) is 8.22. The number of hydrogen-bond donors (Lipinski definition) is 2. The van der Waals surface area contributed by atoms with Gasteiger partial charge < -0.3 is 15.4 Å². The quantitative estimate of drug-likeness (QED) is 0.814. The van der Waals surface area contributed by atoms with Gasteiger partial charge in [0, 0.05) is 34.2 Å². The van der Waals surface area contributed by atoms with Gasteiger partial charge in [0.15, 0.2) is 0 Å². The fraction of sp³-hybridized carbons (Fsp3) is 0.368. The Morgan fingerprint density at radius 1 is 1.17 bits per heavy atom. The Labute approximate surface area is 153 Å². The smallest absolute Gasteiger partial charge is 0.123 e. The van der Waals surface area contributed by atoms with Crippen LogP contribution in [-0.4, -0.2) is 19.7 Å². The predicted molar refractivity (Wildman–Crippen MR) is 100 cm³/mol. The van der Waals surface area contributed by atoms with Crippen molar-refractivity contribution in [3.8, 4) is 5.75 Å². The summed E-state index contributed by atoms with van der Waals surface area (Å²) in [6, 6.07) is 14.4. The lowest BCUT2D eigenvalue weighted by molar-refractivity contribution is 0.303. The third-order valence-corrected chi connectivity index (χ3v) is 4.93. The summed E-state index contributed by atoms with van der Waals surface area (Å²) in [6.07, 6.45) is 2.27. The molecule has 5 heteroatoms. The van der Waals surface area contributed by atoms with Gasteiger partial charge in [0.2, 0.25) is 0 Å². The van der Waals surface area contributed by atoms with Crippen molar-refractivity contribution >= 4 is 23.2 Å². The Bertz CT molecular complexity index is 693. The maximum absolute atomic E-state index is 6.16. The zero-order valence-corrected chi connectivity index (χ0v) is 15.2. The standard InChI is InChI=1S/C19H22Cl2N2O/c1-24-18-8-7-16(21)11-14(18)12-23-17-6-3-9-22-19(17)13-4-2-5-15(20)10-13/h2,4-5,7-8,10-11,17,19,22-23H,3,6,9,12H2,1H3. The van der Waals surface area contributed by atoms with Gasteiger partial charge in [-0.1, -0.05) is 35.3 Å². The highest BCUT2D eigenvalue weighted by molar-refractivity contribution is 6.30. The van der Waals surface area contributed by atoms with Gasteiger partial charge in [-0.15, -0.1) is 0 Å². The molecule has 1 aliphatic rings. The van der Waals surface area contributed by atoms with E-state index >= 15 is 0 Å². The molecule has 1 aliphatic heterocycles. The summed E-state index contributed by atoms with van der Waals surface area (Å²) in [5.74, 6) is 0.856. The Kier molecular flexibility index (Phi) is 6.01. The van der Waals surface area contributed by atoms with Crippen molar-refractivity contribution < 1.29 is 4.74 Å². The first-order chi connectivity index (χ1) is 11.7. The minimum atomic E-state index is 0.252. The second-order valence-corrected chi connectivity index (χ2v) is 6.95. The maximum Gasteiger partial charge on any atom is 0.123 e. The van der Waals surface area contributed by atoms with Crippen molar-refractivity contribution in [3.63, 3.8) is 0 Å². The molecular formula is C19H22Cl2N2O. The highest BCUT2D eigenvalue weighted by Gasteiger charge is 2.26. The molecule has 2 aromatic carbocycles. The van der Waals surface area contributed by atoms with E-state index in [1.54, 1.807) is 7.11 Å². The Morgan fingerprint density at radius 3 is 2.79 bits per heavy atom.